The fraction of sp³-hybridized carbons (Fsp3) is 0. The van der Waals surface area contributed by atoms with Crippen molar-refractivity contribution in [1.82, 2.24) is 0 Å². The fourth-order valence-electron chi connectivity index (χ4n) is 0. The van der Waals surface area contributed by atoms with Crippen molar-refractivity contribution in [2.45, 2.75) is 0 Å². The normalized spacial score (nSPS) is 0. The van der Waals surface area contributed by atoms with Gasteiger partial charge < -0.3 is 16.4 Å². The summed E-state index contributed by atoms with van der Waals surface area (Å²) >= 11 is 0. The molecule has 41 valence electrons. The second kappa shape index (κ2) is 45.0. The first-order chi connectivity index (χ1) is 0. The summed E-state index contributed by atoms with van der Waals surface area (Å²) in [4.78, 5) is 0. The molecule has 1 radical (unpaired) electrons. The zero-order valence-corrected chi connectivity index (χ0v) is 4.94. The molecule has 3 nitrogen and oxygen atoms in total. The average Bonchev–Trinajstić information content (AvgIpc) is 0. The van der Waals surface area contributed by atoms with Gasteiger partial charge in [0, 0.05) is 17.1 Å². The van der Waals surface area contributed by atoms with E-state index in [1.807, 2.05) is 0 Å². The molecule has 5 heteroatoms. The van der Waals surface area contributed by atoms with Crippen LogP contribution in [-0.2, 0) is 17.1 Å². The second-order valence-corrected chi connectivity index (χ2v) is 0. The van der Waals surface area contributed by atoms with Crippen molar-refractivity contribution in [2.24, 2.45) is 0 Å². The predicted octanol–water partition coefficient (Wildman–Crippen LogP) is -0.533. The maximum Gasteiger partial charge on any atom is 3.00 e. The fourth-order valence-corrected chi connectivity index (χ4v) is 0. The maximum absolute atomic E-state index is 0. The van der Waals surface area contributed by atoms with E-state index in [9.17, 15) is 0 Å². The van der Waals surface area contributed by atoms with Crippen LogP contribution >= 0.6 is 0 Å². The Hall–Kier alpha value is 1.65. The van der Waals surface area contributed by atoms with Crippen molar-refractivity contribution in [3.63, 3.8) is 0 Å². The van der Waals surface area contributed by atoms with Gasteiger partial charge in [0.15, 0.2) is 0 Å². The van der Waals surface area contributed by atoms with Crippen LogP contribution in [0.2, 0.25) is 0 Å². The van der Waals surface area contributed by atoms with Gasteiger partial charge in [-0.1, -0.05) is 0 Å². The molecule has 0 aliphatic rings. The van der Waals surface area contributed by atoms with Gasteiger partial charge in [0.05, 0.1) is 0 Å². The number of hydrogen-bond acceptors (Lipinski definition) is 3. The van der Waals surface area contributed by atoms with Crippen LogP contribution in [0.4, 0.5) is 0 Å². The van der Waals surface area contributed by atoms with Crippen molar-refractivity contribution < 1.29 is 70.8 Å². The minimum atomic E-state index is 0. The molecule has 3 N–H and O–H groups in total. The van der Waals surface area contributed by atoms with Crippen LogP contribution in [0.5, 0.6) is 0 Å². The zero-order chi connectivity index (χ0) is 0. The second-order valence-electron chi connectivity index (χ2n) is 0. The SMILES string of the molecule is [Er+3].[Fe].[OH-].[OH-].[OH-]. The summed E-state index contributed by atoms with van der Waals surface area (Å²) in [5, 5.41) is 0. The van der Waals surface area contributed by atoms with E-state index in [0.29, 0.717) is 0 Å². The summed E-state index contributed by atoms with van der Waals surface area (Å²) in [6.45, 7) is 0. The van der Waals surface area contributed by atoms with Gasteiger partial charge in [0.25, 0.3) is 0 Å². The topological polar surface area (TPSA) is 90.0 Å². The molecule has 0 amide bonds. The Morgan fingerprint density at radius 2 is 0.600 bits per heavy atom. The molecule has 0 atom stereocenters. The first-order valence-electron chi connectivity index (χ1n) is 0. The van der Waals surface area contributed by atoms with E-state index in [-0.39, 0.29) is 70.8 Å². The molecule has 0 aromatic heterocycles. The minimum absolute atomic E-state index is 0. The van der Waals surface area contributed by atoms with Crippen LogP contribution in [0.15, 0.2) is 0 Å². The minimum Gasteiger partial charge on any atom is -0.870 e. The molecule has 0 aromatic carbocycles. The van der Waals surface area contributed by atoms with Gasteiger partial charge in [-0.15, -0.1) is 0 Å². The summed E-state index contributed by atoms with van der Waals surface area (Å²) in [5.74, 6) is 0. The largest absolute Gasteiger partial charge is 3.00 e. The van der Waals surface area contributed by atoms with Crippen molar-refractivity contribution in [2.75, 3.05) is 0 Å². The first-order valence-corrected chi connectivity index (χ1v) is 0. The standard InChI is InChI=1S/Er.Fe.3H2O/h;;3*1H2/q+3;;;;/p-3. The third-order valence-electron chi connectivity index (χ3n) is 0. The molecule has 0 unspecified atom stereocenters. The summed E-state index contributed by atoms with van der Waals surface area (Å²) in [7, 11) is 0. The van der Waals surface area contributed by atoms with Gasteiger partial charge in [0.1, 0.15) is 0 Å². The van der Waals surface area contributed by atoms with E-state index < -0.39 is 0 Å². The molecular weight excluding hydrogens is 271 g/mol. The quantitative estimate of drug-likeness (QED) is 0.556. The summed E-state index contributed by atoms with van der Waals surface area (Å²) in [6.07, 6.45) is 0. The van der Waals surface area contributed by atoms with Crippen LogP contribution in [0.3, 0.4) is 0 Å². The molecule has 0 spiro atoms. The number of hydrogen-bond donors (Lipinski definition) is 0. The van der Waals surface area contributed by atoms with E-state index in [2.05, 4.69) is 0 Å². The molecule has 0 saturated carbocycles. The average molecular weight is 274 g/mol. The van der Waals surface area contributed by atoms with Crippen molar-refractivity contribution in [1.29, 1.82) is 0 Å². The van der Waals surface area contributed by atoms with Crippen molar-refractivity contribution in [3.8, 4) is 0 Å². The van der Waals surface area contributed by atoms with Crippen LogP contribution in [0.25, 0.3) is 0 Å². The Balaban J connectivity index is 0. The molecule has 0 saturated heterocycles. The molecule has 0 rings (SSSR count). The Bertz CT molecular complexity index is 6.85. The molecule has 0 heterocycles. The van der Waals surface area contributed by atoms with Crippen LogP contribution in [0.1, 0.15) is 0 Å². The van der Waals surface area contributed by atoms with Gasteiger partial charge in [-0.2, -0.15) is 0 Å². The Labute approximate surface area is 70.1 Å². The van der Waals surface area contributed by atoms with E-state index in [1.165, 1.54) is 0 Å². The smallest absolute Gasteiger partial charge is 0.870 e. The molecule has 0 bridgehead atoms. The Morgan fingerprint density at radius 1 is 0.600 bits per heavy atom. The van der Waals surface area contributed by atoms with Gasteiger partial charge in [0.2, 0.25) is 0 Å². The molecule has 0 aliphatic carbocycles. The maximum atomic E-state index is 0. The monoisotopic (exact) mass is 273 g/mol. The van der Waals surface area contributed by atoms with Crippen molar-refractivity contribution >= 4 is 0 Å². The van der Waals surface area contributed by atoms with Gasteiger partial charge >= 0.3 is 37.3 Å². The Morgan fingerprint density at radius 3 is 0.600 bits per heavy atom. The Kier molecular flexibility index (Phi) is 703. The molecule has 0 fully saturated rings. The zero-order valence-electron chi connectivity index (χ0n) is 1.98. The van der Waals surface area contributed by atoms with Crippen LogP contribution in [0, 0.1) is 37.3 Å². The van der Waals surface area contributed by atoms with E-state index in [0.717, 1.165) is 0 Å². The van der Waals surface area contributed by atoms with Gasteiger partial charge in [-0.25, -0.2) is 0 Å². The molecule has 5 heavy (non-hydrogen) atoms. The van der Waals surface area contributed by atoms with Gasteiger partial charge in [-0.3, -0.25) is 0 Å². The third kappa shape index (κ3) is 27.7. The van der Waals surface area contributed by atoms with E-state index in [1.54, 1.807) is 0 Å². The summed E-state index contributed by atoms with van der Waals surface area (Å²) in [5.41, 5.74) is 0. The summed E-state index contributed by atoms with van der Waals surface area (Å²) < 4.78 is 0. The van der Waals surface area contributed by atoms with Crippen molar-refractivity contribution in [3.05, 3.63) is 0 Å². The first kappa shape index (κ1) is 78.2. The van der Waals surface area contributed by atoms with Crippen LogP contribution in [-0.4, -0.2) is 16.4 Å². The molecule has 0 aliphatic heterocycles. The van der Waals surface area contributed by atoms with E-state index in [4.69, 9.17) is 0 Å². The third-order valence-corrected chi connectivity index (χ3v) is 0. The molecule has 0 aromatic rings. The summed E-state index contributed by atoms with van der Waals surface area (Å²) in [6, 6.07) is 0. The van der Waals surface area contributed by atoms with Crippen LogP contribution < -0.4 is 0 Å². The van der Waals surface area contributed by atoms with E-state index >= 15 is 0 Å². The van der Waals surface area contributed by atoms with Gasteiger partial charge in [-0.05, 0) is 0 Å². The number of rotatable bonds is 0. The predicted molar refractivity (Wildman–Crippen MR) is 5.81 cm³/mol. The molecular formula is H3ErFeO3.